The predicted octanol–water partition coefficient (Wildman–Crippen LogP) is 1.79. The summed E-state index contributed by atoms with van der Waals surface area (Å²) in [6, 6.07) is -0.648. The monoisotopic (exact) mass is 202 g/mol. The summed E-state index contributed by atoms with van der Waals surface area (Å²) in [4.78, 5) is 24.1. The van der Waals surface area contributed by atoms with Crippen molar-refractivity contribution in [3.8, 4) is 0 Å². The van der Waals surface area contributed by atoms with Gasteiger partial charge in [-0.05, 0) is 27.7 Å². The molecule has 0 unspecified atom stereocenters. The van der Waals surface area contributed by atoms with Crippen LogP contribution in [-0.2, 0) is 9.53 Å². The molecule has 80 valence electrons. The quantitative estimate of drug-likeness (QED) is 0.562. The van der Waals surface area contributed by atoms with Crippen LogP contribution in [0.1, 0.15) is 38.7 Å². The highest BCUT2D eigenvalue weighted by Gasteiger charge is 2.46. The minimum Gasteiger partial charge on any atom is -0.443 e. The molecule has 4 nitrogen and oxygen atoms in total. The van der Waals surface area contributed by atoms with Crippen LogP contribution in [0.15, 0.2) is 0 Å². The van der Waals surface area contributed by atoms with Gasteiger partial charge in [0, 0.05) is 4.11 Å². The summed E-state index contributed by atoms with van der Waals surface area (Å²) in [5, 5.41) is 0. The van der Waals surface area contributed by atoms with Gasteiger partial charge < -0.3 is 4.74 Å². The summed E-state index contributed by atoms with van der Waals surface area (Å²) in [6.45, 7) is 4.21. The predicted molar refractivity (Wildman–Crippen MR) is 51.7 cm³/mol. The number of ether oxygens (including phenoxy) is 1. The van der Waals surface area contributed by atoms with Crippen LogP contribution in [0.2, 0.25) is 0 Å². The van der Waals surface area contributed by atoms with Crippen LogP contribution >= 0.6 is 0 Å². The molecular formula is C10H17NO3. The lowest BCUT2D eigenvalue weighted by molar-refractivity contribution is -0.151. The van der Waals surface area contributed by atoms with E-state index in [9.17, 15) is 9.59 Å². The van der Waals surface area contributed by atoms with Crippen molar-refractivity contribution in [2.24, 2.45) is 5.92 Å². The Hall–Kier alpha value is -1.06. The third-order valence-corrected chi connectivity index (χ3v) is 1.98. The van der Waals surface area contributed by atoms with E-state index < -0.39 is 36.4 Å². The van der Waals surface area contributed by atoms with E-state index in [0.29, 0.717) is 0 Å². The van der Waals surface area contributed by atoms with Gasteiger partial charge in [-0.15, -0.1) is 0 Å². The Bertz CT molecular complexity index is 338. The molecule has 1 rings (SSSR count). The van der Waals surface area contributed by atoms with Crippen molar-refractivity contribution < 1.29 is 18.4 Å². The van der Waals surface area contributed by atoms with E-state index in [1.165, 1.54) is 6.92 Å². The topological polar surface area (TPSA) is 46.6 Å². The van der Waals surface area contributed by atoms with Crippen molar-refractivity contribution in [2.45, 2.75) is 46.2 Å². The number of carbonyl (C=O) groups excluding carboxylic acids is 2. The van der Waals surface area contributed by atoms with Gasteiger partial charge in [-0.1, -0.05) is 6.85 Å². The van der Waals surface area contributed by atoms with Crippen molar-refractivity contribution in [1.82, 2.24) is 4.90 Å². The normalized spacial score (nSPS) is 31.3. The average molecular weight is 202 g/mol. The van der Waals surface area contributed by atoms with Gasteiger partial charge in [0.15, 0.2) is 0 Å². The first-order chi connectivity index (χ1) is 7.45. The van der Waals surface area contributed by atoms with Gasteiger partial charge in [-0.3, -0.25) is 4.79 Å². The van der Waals surface area contributed by atoms with E-state index in [-0.39, 0.29) is 0 Å². The molecule has 1 saturated heterocycles. The fraction of sp³-hybridized carbons (Fsp3) is 0.800. The molecule has 1 fully saturated rings. The highest BCUT2D eigenvalue weighted by molar-refractivity contribution is 5.99. The Labute approximate surface area is 88.4 Å². The van der Waals surface area contributed by atoms with Crippen LogP contribution in [0.25, 0.3) is 0 Å². The lowest BCUT2D eigenvalue weighted by Crippen LogP contribution is -2.61. The lowest BCUT2D eigenvalue weighted by atomic mass is 9.91. The van der Waals surface area contributed by atoms with Gasteiger partial charge in [-0.25, -0.2) is 9.69 Å². The average Bonchev–Trinajstić information content (AvgIpc) is 1.95. The van der Waals surface area contributed by atoms with Gasteiger partial charge >= 0.3 is 6.09 Å². The Morgan fingerprint density at radius 2 is 2.14 bits per heavy atom. The zero-order chi connectivity index (χ0) is 13.6. The Balaban J connectivity index is 2.73. The zero-order valence-electron chi connectivity index (χ0n) is 11.8. The van der Waals surface area contributed by atoms with Crippen molar-refractivity contribution in [3.05, 3.63) is 0 Å². The van der Waals surface area contributed by atoms with Crippen molar-refractivity contribution in [1.29, 1.82) is 0 Å². The number of imide groups is 1. The first-order valence-electron chi connectivity index (χ1n) is 6.01. The molecule has 1 heterocycles. The number of β-lactam (4-membered cyclic amide) rings is 1. The molecule has 0 spiro atoms. The Morgan fingerprint density at radius 3 is 2.50 bits per heavy atom. The summed E-state index contributed by atoms with van der Waals surface area (Å²) >= 11 is 0. The molecule has 0 bridgehead atoms. The maximum atomic E-state index is 11.6. The number of carbonyl (C=O) groups is 2. The SMILES string of the molecule is [2H]C([2H])([2H])[C@H]1C(=O)N(C(=O)OC(C)(C)C)[C@@H]1C. The number of hydrogen-bond acceptors (Lipinski definition) is 3. The maximum Gasteiger partial charge on any atom is 0.417 e. The first-order valence-corrected chi connectivity index (χ1v) is 4.51. The number of rotatable bonds is 0. The molecular weight excluding hydrogens is 182 g/mol. The fourth-order valence-electron chi connectivity index (χ4n) is 1.19. The standard InChI is InChI=1S/C10H17NO3/c1-6-7(2)11(8(6)12)9(13)14-10(3,4)5/h6-7H,1-5H3/t6-,7-/m1/s1/i1D3. The minimum absolute atomic E-state index is 0.648. The highest BCUT2D eigenvalue weighted by atomic mass is 16.6. The molecule has 1 aliphatic heterocycles. The molecule has 4 heteroatoms. The largest absolute Gasteiger partial charge is 0.443 e. The van der Waals surface area contributed by atoms with Crippen LogP contribution in [0.5, 0.6) is 0 Å². The lowest BCUT2D eigenvalue weighted by Gasteiger charge is -2.42. The summed E-state index contributed by atoms with van der Waals surface area (Å²) in [7, 11) is 0. The second-order valence-electron chi connectivity index (χ2n) is 4.41. The summed E-state index contributed by atoms with van der Waals surface area (Å²) in [5.74, 6) is -1.79. The maximum absolute atomic E-state index is 11.6. The van der Waals surface area contributed by atoms with E-state index in [2.05, 4.69) is 0 Å². The molecule has 0 aliphatic carbocycles. The third-order valence-electron chi connectivity index (χ3n) is 1.98. The van der Waals surface area contributed by atoms with Crippen LogP contribution < -0.4 is 0 Å². The molecule has 0 aromatic rings. The summed E-state index contributed by atoms with van der Waals surface area (Å²) in [5.41, 5.74) is -0.706. The molecule has 2 amide bonds. The van der Waals surface area contributed by atoms with E-state index in [1.54, 1.807) is 20.8 Å². The van der Waals surface area contributed by atoms with Crippen molar-refractivity contribution >= 4 is 12.0 Å². The van der Waals surface area contributed by atoms with E-state index >= 15 is 0 Å². The van der Waals surface area contributed by atoms with Gasteiger partial charge in [0.05, 0.1) is 12.0 Å². The molecule has 0 N–H and O–H groups in total. The van der Waals surface area contributed by atoms with Crippen molar-refractivity contribution in [3.63, 3.8) is 0 Å². The van der Waals surface area contributed by atoms with Gasteiger partial charge in [0.25, 0.3) is 0 Å². The van der Waals surface area contributed by atoms with Crippen LogP contribution in [0.4, 0.5) is 4.79 Å². The summed E-state index contributed by atoms with van der Waals surface area (Å²) < 4.78 is 26.6. The number of hydrogen-bond donors (Lipinski definition) is 0. The first kappa shape index (κ1) is 7.26. The smallest absolute Gasteiger partial charge is 0.417 e. The third kappa shape index (κ3) is 1.89. The molecule has 1 aliphatic rings. The minimum atomic E-state index is -2.37. The van der Waals surface area contributed by atoms with E-state index in [4.69, 9.17) is 8.85 Å². The molecule has 0 radical (unpaired) electrons. The van der Waals surface area contributed by atoms with Gasteiger partial charge in [0.2, 0.25) is 5.91 Å². The Kier molecular flexibility index (Phi) is 1.69. The molecule has 0 aromatic carbocycles. The van der Waals surface area contributed by atoms with Crippen LogP contribution in [0.3, 0.4) is 0 Å². The molecule has 14 heavy (non-hydrogen) atoms. The Morgan fingerprint density at radius 1 is 1.57 bits per heavy atom. The number of nitrogens with zero attached hydrogens (tertiary/aromatic N) is 1. The number of likely N-dealkylation sites (tertiary alicyclic amines) is 1. The number of amides is 2. The van der Waals surface area contributed by atoms with E-state index in [0.717, 1.165) is 4.90 Å². The van der Waals surface area contributed by atoms with Gasteiger partial charge in [0.1, 0.15) is 5.60 Å². The fourth-order valence-corrected chi connectivity index (χ4v) is 1.19. The summed E-state index contributed by atoms with van der Waals surface area (Å²) in [6.07, 6.45) is -0.782. The van der Waals surface area contributed by atoms with Gasteiger partial charge in [-0.2, -0.15) is 0 Å². The van der Waals surface area contributed by atoms with Crippen molar-refractivity contribution in [2.75, 3.05) is 0 Å². The second-order valence-corrected chi connectivity index (χ2v) is 4.41. The molecule has 0 saturated carbocycles. The van der Waals surface area contributed by atoms with E-state index in [1.807, 2.05) is 0 Å². The van der Waals surface area contributed by atoms with Crippen LogP contribution in [0, 0.1) is 5.92 Å². The molecule has 0 aromatic heterocycles. The zero-order valence-corrected chi connectivity index (χ0v) is 8.83. The highest BCUT2D eigenvalue weighted by Crippen LogP contribution is 2.27. The molecule has 2 atom stereocenters. The second kappa shape index (κ2) is 3.26. The van der Waals surface area contributed by atoms with Crippen LogP contribution in [-0.4, -0.2) is 28.5 Å².